The van der Waals surface area contributed by atoms with Crippen LogP contribution >= 0.6 is 11.3 Å². The van der Waals surface area contributed by atoms with Crippen molar-refractivity contribution in [1.29, 1.82) is 5.26 Å². The van der Waals surface area contributed by atoms with E-state index in [9.17, 15) is 10.1 Å². The van der Waals surface area contributed by atoms with Gasteiger partial charge in [0.25, 0.3) is 5.91 Å². The maximum Gasteiger partial charge on any atom is 0.276 e. The van der Waals surface area contributed by atoms with E-state index >= 15 is 0 Å². The Balaban J connectivity index is 1.87. The second-order valence-corrected chi connectivity index (χ2v) is 6.93. The number of nitriles is 1. The highest BCUT2D eigenvalue weighted by Crippen LogP contribution is 2.37. The van der Waals surface area contributed by atoms with E-state index in [1.807, 2.05) is 13.8 Å². The predicted molar refractivity (Wildman–Crippen MR) is 90.9 cm³/mol. The normalized spacial score (nSPS) is 14.0. The van der Waals surface area contributed by atoms with Crippen molar-refractivity contribution in [3.05, 3.63) is 33.5 Å². The summed E-state index contributed by atoms with van der Waals surface area (Å²) in [4.78, 5) is 13.7. The van der Waals surface area contributed by atoms with Gasteiger partial charge in [0.15, 0.2) is 5.69 Å². The lowest BCUT2D eigenvalue weighted by atomic mass is 10.1. The molecule has 6 heteroatoms. The molecule has 2 aromatic rings. The van der Waals surface area contributed by atoms with Crippen LogP contribution in [0.2, 0.25) is 0 Å². The zero-order valence-corrected chi connectivity index (χ0v) is 14.3. The van der Waals surface area contributed by atoms with Crippen molar-refractivity contribution in [2.75, 3.05) is 5.32 Å². The van der Waals surface area contributed by atoms with Crippen LogP contribution in [-0.2, 0) is 19.4 Å². The molecule has 0 saturated carbocycles. The van der Waals surface area contributed by atoms with Crippen molar-refractivity contribution >= 4 is 22.2 Å². The molecule has 1 amide bonds. The van der Waals surface area contributed by atoms with Gasteiger partial charge in [-0.1, -0.05) is 6.42 Å². The molecule has 1 aliphatic rings. The van der Waals surface area contributed by atoms with Gasteiger partial charge in [0, 0.05) is 17.1 Å². The third-order valence-corrected chi connectivity index (χ3v) is 5.48. The Kier molecular flexibility index (Phi) is 4.49. The number of carbonyl (C=O) groups excluding carboxylic acids is 1. The minimum Gasteiger partial charge on any atom is -0.311 e. The first kappa shape index (κ1) is 15.8. The lowest BCUT2D eigenvalue weighted by Gasteiger charge is -2.02. The van der Waals surface area contributed by atoms with Gasteiger partial charge in [-0.25, -0.2) is 0 Å². The lowest BCUT2D eigenvalue weighted by molar-refractivity contribution is 0.102. The number of thiophene rings is 1. The molecule has 1 N–H and O–H groups in total. The molecule has 0 aromatic carbocycles. The van der Waals surface area contributed by atoms with Gasteiger partial charge < -0.3 is 5.32 Å². The number of carbonyl (C=O) groups is 1. The summed E-state index contributed by atoms with van der Waals surface area (Å²) in [7, 11) is 0. The minimum absolute atomic E-state index is 0.242. The van der Waals surface area contributed by atoms with Crippen LogP contribution in [0.5, 0.6) is 0 Å². The maximum atomic E-state index is 12.5. The maximum absolute atomic E-state index is 12.5. The molecule has 2 heterocycles. The van der Waals surface area contributed by atoms with Crippen LogP contribution < -0.4 is 5.32 Å². The monoisotopic (exact) mass is 328 g/mol. The molecule has 0 aliphatic heterocycles. The van der Waals surface area contributed by atoms with Gasteiger partial charge in [0.05, 0.1) is 5.56 Å². The molecule has 0 spiro atoms. The third kappa shape index (κ3) is 3.02. The molecule has 5 nitrogen and oxygen atoms in total. The van der Waals surface area contributed by atoms with Crippen molar-refractivity contribution in [2.45, 2.75) is 52.5 Å². The summed E-state index contributed by atoms with van der Waals surface area (Å²) >= 11 is 1.55. The van der Waals surface area contributed by atoms with Crippen LogP contribution in [0.4, 0.5) is 5.00 Å². The van der Waals surface area contributed by atoms with E-state index in [0.29, 0.717) is 16.3 Å². The van der Waals surface area contributed by atoms with Gasteiger partial charge >= 0.3 is 0 Å². The topological polar surface area (TPSA) is 70.7 Å². The molecule has 120 valence electrons. The number of hydrogen-bond donors (Lipinski definition) is 1. The third-order valence-electron chi connectivity index (χ3n) is 4.27. The van der Waals surface area contributed by atoms with Gasteiger partial charge in [-0.2, -0.15) is 10.4 Å². The highest BCUT2D eigenvalue weighted by molar-refractivity contribution is 7.16. The Bertz CT molecular complexity index is 781. The summed E-state index contributed by atoms with van der Waals surface area (Å²) < 4.78 is 1.80. The Hall–Kier alpha value is -2.13. The number of nitrogens with one attached hydrogen (secondary N) is 1. The molecular weight excluding hydrogens is 308 g/mol. The van der Waals surface area contributed by atoms with Gasteiger partial charge in [-0.05, 0) is 51.2 Å². The number of hydrogen-bond acceptors (Lipinski definition) is 4. The lowest BCUT2D eigenvalue weighted by Crippen LogP contribution is -2.13. The zero-order valence-electron chi connectivity index (χ0n) is 13.5. The first-order chi connectivity index (χ1) is 11.1. The molecule has 3 rings (SSSR count). The van der Waals surface area contributed by atoms with E-state index in [0.717, 1.165) is 43.5 Å². The Morgan fingerprint density at radius 2 is 2.22 bits per heavy atom. The van der Waals surface area contributed by atoms with E-state index < -0.39 is 0 Å². The summed E-state index contributed by atoms with van der Waals surface area (Å²) in [6, 6.07) is 4.07. The molecule has 1 aliphatic carbocycles. The molecule has 0 unspecified atom stereocenters. The molecule has 0 radical (unpaired) electrons. The molecule has 0 fully saturated rings. The second-order valence-electron chi connectivity index (χ2n) is 5.82. The molecule has 0 bridgehead atoms. The number of nitrogens with zero attached hydrogens (tertiary/aromatic N) is 3. The van der Waals surface area contributed by atoms with Gasteiger partial charge in [-0.15, -0.1) is 11.3 Å². The smallest absolute Gasteiger partial charge is 0.276 e. The van der Waals surface area contributed by atoms with Gasteiger partial charge in [0.2, 0.25) is 0 Å². The first-order valence-corrected chi connectivity index (χ1v) is 8.86. The van der Waals surface area contributed by atoms with Crippen molar-refractivity contribution in [3.8, 4) is 6.07 Å². The summed E-state index contributed by atoms with van der Waals surface area (Å²) in [6.07, 6.45) is 5.43. The standard InChI is InChI=1S/C17H20N4OS/c1-3-21-11(2)9-14(20-21)16(22)19-17-13(10-18)12-7-5-4-6-8-15(12)23-17/h9H,3-8H2,1-2H3,(H,19,22). The fourth-order valence-corrected chi connectivity index (χ4v) is 4.29. The van der Waals surface area contributed by atoms with Crippen LogP contribution in [0.15, 0.2) is 6.07 Å². The van der Waals surface area contributed by atoms with E-state index in [4.69, 9.17) is 0 Å². The van der Waals surface area contributed by atoms with E-state index in [-0.39, 0.29) is 5.91 Å². The molecular formula is C17H20N4OS. The number of aryl methyl sites for hydroxylation is 3. The highest BCUT2D eigenvalue weighted by atomic mass is 32.1. The molecule has 23 heavy (non-hydrogen) atoms. The van der Waals surface area contributed by atoms with Crippen LogP contribution in [0.3, 0.4) is 0 Å². The Morgan fingerprint density at radius 3 is 2.91 bits per heavy atom. The minimum atomic E-state index is -0.242. The number of rotatable bonds is 3. The van der Waals surface area contributed by atoms with Crippen LogP contribution in [-0.4, -0.2) is 15.7 Å². The molecule has 2 aromatic heterocycles. The van der Waals surface area contributed by atoms with E-state index in [1.54, 1.807) is 22.1 Å². The summed E-state index contributed by atoms with van der Waals surface area (Å²) in [5, 5.41) is 17.4. The van der Waals surface area contributed by atoms with Crippen LogP contribution in [0.1, 0.15) is 58.4 Å². The Morgan fingerprint density at radius 1 is 1.43 bits per heavy atom. The van der Waals surface area contributed by atoms with E-state index in [2.05, 4.69) is 16.5 Å². The highest BCUT2D eigenvalue weighted by Gasteiger charge is 2.22. The van der Waals surface area contributed by atoms with Crippen molar-refractivity contribution < 1.29 is 4.79 Å². The quantitative estimate of drug-likeness (QED) is 0.874. The second kappa shape index (κ2) is 6.55. The molecule has 0 atom stereocenters. The van der Waals surface area contributed by atoms with Crippen molar-refractivity contribution in [1.82, 2.24) is 9.78 Å². The van der Waals surface area contributed by atoms with Crippen molar-refractivity contribution in [3.63, 3.8) is 0 Å². The van der Waals surface area contributed by atoms with Crippen LogP contribution in [0.25, 0.3) is 0 Å². The number of fused-ring (bicyclic) bond motifs is 1. The van der Waals surface area contributed by atoms with Gasteiger partial charge in [0.1, 0.15) is 11.1 Å². The fraction of sp³-hybridized carbons (Fsp3) is 0.471. The summed E-state index contributed by atoms with van der Waals surface area (Å²) in [5.74, 6) is -0.242. The predicted octanol–water partition coefficient (Wildman–Crippen LogP) is 3.67. The van der Waals surface area contributed by atoms with E-state index in [1.165, 1.54) is 11.3 Å². The number of aromatic nitrogens is 2. The first-order valence-electron chi connectivity index (χ1n) is 8.04. The average Bonchev–Trinajstić information content (AvgIpc) is 2.99. The zero-order chi connectivity index (χ0) is 16.4. The van der Waals surface area contributed by atoms with Gasteiger partial charge in [-0.3, -0.25) is 9.48 Å². The summed E-state index contributed by atoms with van der Waals surface area (Å²) in [5.41, 5.74) is 3.14. The largest absolute Gasteiger partial charge is 0.311 e. The average molecular weight is 328 g/mol. The fourth-order valence-electron chi connectivity index (χ4n) is 3.06. The van der Waals surface area contributed by atoms with Crippen molar-refractivity contribution in [2.24, 2.45) is 0 Å². The Labute approximate surface area is 139 Å². The SMILES string of the molecule is CCn1nc(C(=O)Nc2sc3c(c2C#N)CCCCC3)cc1C. The van der Waals surface area contributed by atoms with Crippen LogP contribution in [0, 0.1) is 18.3 Å². The number of amides is 1. The number of anilines is 1. The molecule has 0 saturated heterocycles. The summed E-state index contributed by atoms with van der Waals surface area (Å²) in [6.45, 7) is 4.66.